The van der Waals surface area contributed by atoms with Crippen molar-refractivity contribution in [2.45, 2.75) is 12.1 Å². The molecule has 0 aliphatic carbocycles. The Balaban J connectivity index is 1.61. The van der Waals surface area contributed by atoms with Crippen molar-refractivity contribution in [3.05, 3.63) is 53.1 Å². The van der Waals surface area contributed by atoms with E-state index in [1.165, 1.54) is 17.3 Å². The lowest BCUT2D eigenvalue weighted by Crippen LogP contribution is -2.15. The maximum atomic E-state index is 11.9. The Labute approximate surface area is 137 Å². The highest BCUT2D eigenvalue weighted by Crippen LogP contribution is 2.18. The number of carbonyl (C=O) groups excluding carboxylic acids is 1. The minimum atomic E-state index is -0.0597. The average Bonchev–Trinajstić information content (AvgIpc) is 2.89. The van der Waals surface area contributed by atoms with Crippen LogP contribution in [-0.2, 0) is 4.79 Å². The van der Waals surface area contributed by atoms with Crippen molar-refractivity contribution in [2.24, 2.45) is 0 Å². The van der Waals surface area contributed by atoms with Gasteiger partial charge in [-0.05, 0) is 60.6 Å². The van der Waals surface area contributed by atoms with Crippen molar-refractivity contribution in [1.29, 1.82) is 0 Å². The summed E-state index contributed by atoms with van der Waals surface area (Å²) in [5, 5.41) is 4.35. The molecule has 1 heterocycles. The van der Waals surface area contributed by atoms with Crippen molar-refractivity contribution >= 4 is 46.0 Å². The number of aryl methyl sites for hydroxylation is 1. The van der Waals surface area contributed by atoms with E-state index in [2.05, 4.69) is 21.4 Å². The zero-order valence-corrected chi connectivity index (χ0v) is 13.5. The lowest BCUT2D eigenvalue weighted by atomic mass is 10.2. The first-order valence-electron chi connectivity index (χ1n) is 6.80. The summed E-state index contributed by atoms with van der Waals surface area (Å²) in [6.07, 6.45) is 0. The summed E-state index contributed by atoms with van der Waals surface area (Å²) in [5.41, 5.74) is 4.01. The second-order valence-electron chi connectivity index (χ2n) is 4.97. The van der Waals surface area contributed by atoms with E-state index in [0.29, 0.717) is 10.8 Å². The largest absolute Gasteiger partial charge is 0.325 e. The maximum Gasteiger partial charge on any atom is 0.315 e. The van der Waals surface area contributed by atoms with E-state index in [9.17, 15) is 4.79 Å². The molecule has 112 valence electrons. The van der Waals surface area contributed by atoms with Crippen molar-refractivity contribution in [1.82, 2.24) is 4.98 Å². The molecule has 0 fully saturated rings. The monoisotopic (exact) mass is 332 g/mol. The predicted octanol–water partition coefficient (Wildman–Crippen LogP) is 3.67. The minimum absolute atomic E-state index is 0.0597. The van der Waals surface area contributed by atoms with Gasteiger partial charge < -0.3 is 5.32 Å². The van der Waals surface area contributed by atoms with E-state index < -0.39 is 0 Å². The Morgan fingerprint density at radius 2 is 2.05 bits per heavy atom. The van der Waals surface area contributed by atoms with E-state index in [1.807, 2.05) is 19.1 Å². The molecule has 6 heteroatoms. The molecule has 0 aliphatic rings. The van der Waals surface area contributed by atoms with Crippen LogP contribution in [0.25, 0.3) is 11.0 Å². The van der Waals surface area contributed by atoms with E-state index >= 15 is 0 Å². The van der Waals surface area contributed by atoms with Gasteiger partial charge in [0.25, 0.3) is 0 Å². The van der Waals surface area contributed by atoms with E-state index in [1.54, 1.807) is 24.3 Å². The molecule has 0 unspecified atom stereocenters. The summed E-state index contributed by atoms with van der Waals surface area (Å²) in [6, 6.07) is 13.2. The Morgan fingerprint density at radius 3 is 2.82 bits per heavy atom. The standard InChI is InChI=1S/C16H14ClN3OS/c1-10-2-7-13-14(8-10)20-16(19-13)22-9-15(21)18-12-5-3-11(17)4-6-12/h2-8H,9H2,1H3,(H,18,21)(H,19,20)/p+1. The molecule has 1 amide bonds. The number of thioether (sulfide) groups is 1. The summed E-state index contributed by atoms with van der Waals surface area (Å²) in [7, 11) is 0. The smallest absolute Gasteiger partial charge is 0.315 e. The number of aromatic nitrogens is 2. The number of carbonyl (C=O) groups is 1. The second-order valence-corrected chi connectivity index (χ2v) is 6.39. The highest BCUT2D eigenvalue weighted by atomic mass is 35.5. The zero-order valence-electron chi connectivity index (χ0n) is 11.9. The number of amides is 1. The first-order valence-corrected chi connectivity index (χ1v) is 8.16. The van der Waals surface area contributed by atoms with Gasteiger partial charge in [0.2, 0.25) is 5.91 Å². The molecule has 0 atom stereocenters. The maximum absolute atomic E-state index is 11.9. The summed E-state index contributed by atoms with van der Waals surface area (Å²) in [5.74, 6) is 0.265. The zero-order chi connectivity index (χ0) is 15.5. The molecule has 1 aromatic heterocycles. The lowest BCUT2D eigenvalue weighted by Gasteiger charge is -2.03. The highest BCUT2D eigenvalue weighted by Gasteiger charge is 2.12. The minimum Gasteiger partial charge on any atom is -0.325 e. The Hall–Kier alpha value is -1.98. The first-order chi connectivity index (χ1) is 10.6. The van der Waals surface area contributed by atoms with Crippen LogP contribution >= 0.6 is 23.4 Å². The van der Waals surface area contributed by atoms with Crippen molar-refractivity contribution in [2.75, 3.05) is 11.1 Å². The molecule has 2 aromatic carbocycles. The topological polar surface area (TPSA) is 59.0 Å². The van der Waals surface area contributed by atoms with E-state index in [4.69, 9.17) is 11.6 Å². The number of rotatable bonds is 4. The van der Waals surface area contributed by atoms with Gasteiger partial charge in [-0.15, -0.1) is 0 Å². The van der Waals surface area contributed by atoms with Gasteiger partial charge in [0, 0.05) is 10.7 Å². The van der Waals surface area contributed by atoms with Gasteiger partial charge in [-0.2, -0.15) is 0 Å². The van der Waals surface area contributed by atoms with Crippen LogP contribution in [0.2, 0.25) is 5.02 Å². The number of hydrogen-bond donors (Lipinski definition) is 2. The molecule has 0 spiro atoms. The molecular weight excluding hydrogens is 318 g/mol. The number of aromatic amines is 2. The van der Waals surface area contributed by atoms with Crippen LogP contribution in [0.15, 0.2) is 47.6 Å². The molecule has 22 heavy (non-hydrogen) atoms. The van der Waals surface area contributed by atoms with Crippen molar-refractivity contribution in [3.8, 4) is 0 Å². The number of H-pyrrole nitrogens is 2. The molecular formula is C16H15ClN3OS+. The van der Waals surface area contributed by atoms with Crippen molar-refractivity contribution < 1.29 is 9.78 Å². The third-order valence-electron chi connectivity index (χ3n) is 3.15. The molecule has 3 aromatic rings. The predicted molar refractivity (Wildman–Crippen MR) is 90.4 cm³/mol. The molecule has 3 rings (SSSR count). The SMILES string of the molecule is Cc1ccc2[nH+]c(SCC(=O)Nc3ccc(Cl)cc3)[nH]c2c1. The van der Waals surface area contributed by atoms with E-state index in [0.717, 1.165) is 21.9 Å². The van der Waals surface area contributed by atoms with Gasteiger partial charge in [0.15, 0.2) is 11.0 Å². The number of benzene rings is 2. The van der Waals surface area contributed by atoms with Crippen LogP contribution in [0.4, 0.5) is 5.69 Å². The molecule has 4 nitrogen and oxygen atoms in total. The Bertz CT molecular complexity index is 814. The molecule has 0 saturated carbocycles. The van der Waals surface area contributed by atoms with Gasteiger partial charge >= 0.3 is 5.16 Å². The number of hydrogen-bond acceptors (Lipinski definition) is 2. The number of nitrogens with one attached hydrogen (secondary N) is 3. The van der Waals surface area contributed by atoms with Crippen molar-refractivity contribution in [3.63, 3.8) is 0 Å². The molecule has 3 N–H and O–H groups in total. The van der Waals surface area contributed by atoms with Gasteiger partial charge in [-0.3, -0.25) is 4.79 Å². The molecule has 0 bridgehead atoms. The second kappa shape index (κ2) is 6.42. The first kappa shape index (κ1) is 14.9. The van der Waals surface area contributed by atoms with Crippen LogP contribution in [0, 0.1) is 6.92 Å². The number of fused-ring (bicyclic) bond motifs is 1. The highest BCUT2D eigenvalue weighted by molar-refractivity contribution is 7.99. The molecule has 0 saturated heterocycles. The number of anilines is 1. The fourth-order valence-electron chi connectivity index (χ4n) is 2.09. The average molecular weight is 333 g/mol. The summed E-state index contributed by atoms with van der Waals surface area (Å²) in [6.45, 7) is 2.05. The number of halogens is 1. The van der Waals surface area contributed by atoms with Crippen LogP contribution in [0.5, 0.6) is 0 Å². The fraction of sp³-hybridized carbons (Fsp3) is 0.125. The third kappa shape index (κ3) is 3.61. The van der Waals surface area contributed by atoms with Gasteiger partial charge in [-0.25, -0.2) is 9.97 Å². The summed E-state index contributed by atoms with van der Waals surface area (Å²) in [4.78, 5) is 18.5. The quantitative estimate of drug-likeness (QED) is 0.716. The fourth-order valence-corrected chi connectivity index (χ4v) is 2.92. The van der Waals surface area contributed by atoms with Gasteiger partial charge in [-0.1, -0.05) is 17.7 Å². The van der Waals surface area contributed by atoms with E-state index in [-0.39, 0.29) is 5.91 Å². The Morgan fingerprint density at radius 1 is 1.27 bits per heavy atom. The lowest BCUT2D eigenvalue weighted by molar-refractivity contribution is -0.396. The molecule has 0 aliphatic heterocycles. The number of imidazole rings is 1. The summed E-state index contributed by atoms with van der Waals surface area (Å²) < 4.78 is 0. The van der Waals surface area contributed by atoms with Crippen LogP contribution in [-0.4, -0.2) is 16.6 Å². The Kier molecular flexibility index (Phi) is 4.36. The normalized spacial score (nSPS) is 10.8. The molecule has 0 radical (unpaired) electrons. The summed E-state index contributed by atoms with van der Waals surface area (Å²) >= 11 is 7.25. The van der Waals surface area contributed by atoms with Crippen LogP contribution < -0.4 is 10.3 Å². The van der Waals surface area contributed by atoms with Gasteiger partial charge in [0.1, 0.15) is 0 Å². The van der Waals surface area contributed by atoms with Crippen LogP contribution in [0.1, 0.15) is 5.56 Å². The van der Waals surface area contributed by atoms with Crippen LogP contribution in [0.3, 0.4) is 0 Å². The third-order valence-corrected chi connectivity index (χ3v) is 4.30. The van der Waals surface area contributed by atoms with Gasteiger partial charge in [0.05, 0.1) is 5.75 Å².